The van der Waals surface area contributed by atoms with Crippen LogP contribution in [0.5, 0.6) is 0 Å². The van der Waals surface area contributed by atoms with Crippen LogP contribution in [0.1, 0.15) is 22.7 Å². The van der Waals surface area contributed by atoms with Gasteiger partial charge in [0.15, 0.2) is 5.82 Å². The normalized spacial score (nSPS) is 14.0. The molecule has 0 fully saturated rings. The average Bonchev–Trinajstić information content (AvgIpc) is 3.92. The second-order valence-corrected chi connectivity index (χ2v) is 14.8. The Labute approximate surface area is 328 Å². The molecule has 268 valence electrons. The highest BCUT2D eigenvalue weighted by molar-refractivity contribution is 6.11. The average molecular weight is 731 g/mol. The number of aromatic nitrogens is 6. The zero-order valence-electron chi connectivity index (χ0n) is 30.9. The Morgan fingerprint density at radius 2 is 0.947 bits per heavy atom. The molecule has 0 amide bonds. The van der Waals surface area contributed by atoms with Crippen molar-refractivity contribution in [2.24, 2.45) is 0 Å². The molecule has 0 saturated heterocycles. The van der Waals surface area contributed by atoms with Gasteiger partial charge < -0.3 is 4.57 Å². The standard InChI is InChI=1S/C51H34N6/c1-3-16-33(17-4-1)49-52-50(56-42-25-11-7-20-37(42)38-21-8-12-26-43(38)56)54-51(53-49)57-44-27-13-9-22-39(44)41-32-34(30-31-46(41)57)36-24-15-29-47-48(36)40-23-10-14-28-45(40)55(47)35-18-5-2-6-19-35/h1-31,34H,32H2. The third-order valence-electron chi connectivity index (χ3n) is 11.7. The van der Waals surface area contributed by atoms with Gasteiger partial charge in [-0.3, -0.25) is 9.13 Å². The van der Waals surface area contributed by atoms with Crippen molar-refractivity contribution in [2.75, 3.05) is 0 Å². The molecule has 11 aromatic rings. The summed E-state index contributed by atoms with van der Waals surface area (Å²) in [5.41, 5.74) is 11.4. The molecule has 1 unspecified atom stereocenters. The minimum Gasteiger partial charge on any atom is -0.309 e. The molecule has 0 spiro atoms. The topological polar surface area (TPSA) is 53.5 Å². The molecule has 0 N–H and O–H groups in total. The van der Waals surface area contributed by atoms with Crippen molar-refractivity contribution in [3.63, 3.8) is 0 Å². The van der Waals surface area contributed by atoms with Gasteiger partial charge in [0.05, 0.1) is 33.3 Å². The van der Waals surface area contributed by atoms with Crippen molar-refractivity contribution >= 4 is 60.6 Å². The van der Waals surface area contributed by atoms with Crippen LogP contribution in [0.2, 0.25) is 0 Å². The Morgan fingerprint density at radius 3 is 1.63 bits per heavy atom. The SMILES string of the molecule is C1=CC(c2cccc3c2c2ccccc2n3-c2ccccc2)Cc2c1n(-c1nc(-c3ccccc3)nc(-n3c4ccccc4c4ccccc43)n1)c1ccccc21. The molecule has 4 aromatic heterocycles. The van der Waals surface area contributed by atoms with E-state index in [0.29, 0.717) is 17.7 Å². The molecule has 1 aliphatic carbocycles. The van der Waals surface area contributed by atoms with Gasteiger partial charge in [-0.25, -0.2) is 0 Å². The molecule has 6 heteroatoms. The number of hydrogen-bond acceptors (Lipinski definition) is 3. The van der Waals surface area contributed by atoms with E-state index in [1.807, 2.05) is 18.2 Å². The molecule has 7 aromatic carbocycles. The van der Waals surface area contributed by atoms with Crippen LogP contribution >= 0.6 is 0 Å². The maximum Gasteiger partial charge on any atom is 0.240 e. The number of nitrogens with zero attached hydrogens (tertiary/aromatic N) is 6. The lowest BCUT2D eigenvalue weighted by molar-refractivity contribution is 0.820. The summed E-state index contributed by atoms with van der Waals surface area (Å²) >= 11 is 0. The van der Waals surface area contributed by atoms with Crippen LogP contribution in [0.15, 0.2) is 182 Å². The fourth-order valence-electron chi connectivity index (χ4n) is 9.26. The van der Waals surface area contributed by atoms with Crippen LogP contribution in [-0.2, 0) is 6.42 Å². The molecule has 1 atom stereocenters. The molecular weight excluding hydrogens is 697 g/mol. The van der Waals surface area contributed by atoms with Crippen molar-refractivity contribution in [3.8, 4) is 29.0 Å². The van der Waals surface area contributed by atoms with Crippen LogP contribution in [0.3, 0.4) is 0 Å². The van der Waals surface area contributed by atoms with E-state index in [9.17, 15) is 0 Å². The van der Waals surface area contributed by atoms with E-state index in [-0.39, 0.29) is 5.92 Å². The Morgan fingerprint density at radius 1 is 0.421 bits per heavy atom. The fraction of sp³-hybridized carbons (Fsp3) is 0.0392. The molecule has 6 nitrogen and oxygen atoms in total. The first kappa shape index (κ1) is 31.7. The molecule has 57 heavy (non-hydrogen) atoms. The summed E-state index contributed by atoms with van der Waals surface area (Å²) in [6.07, 6.45) is 5.53. The highest BCUT2D eigenvalue weighted by Crippen LogP contribution is 2.43. The van der Waals surface area contributed by atoms with Crippen LogP contribution < -0.4 is 0 Å². The maximum absolute atomic E-state index is 5.35. The first-order chi connectivity index (χ1) is 28.3. The van der Waals surface area contributed by atoms with Gasteiger partial charge in [0.25, 0.3) is 0 Å². The lowest BCUT2D eigenvalue weighted by Crippen LogP contribution is -2.12. The van der Waals surface area contributed by atoms with E-state index >= 15 is 0 Å². The Balaban J connectivity index is 1.07. The zero-order valence-corrected chi connectivity index (χ0v) is 30.9. The number of allylic oxidation sites excluding steroid dienone is 1. The molecule has 0 aliphatic heterocycles. The molecule has 1 aliphatic rings. The minimum absolute atomic E-state index is 0.168. The smallest absolute Gasteiger partial charge is 0.240 e. The first-order valence-corrected chi connectivity index (χ1v) is 19.5. The first-order valence-electron chi connectivity index (χ1n) is 19.5. The van der Waals surface area contributed by atoms with Crippen molar-refractivity contribution in [1.82, 2.24) is 28.7 Å². The summed E-state index contributed by atoms with van der Waals surface area (Å²) in [4.78, 5) is 15.8. The van der Waals surface area contributed by atoms with Gasteiger partial charge in [-0.2, -0.15) is 15.0 Å². The molecule has 4 heterocycles. The summed E-state index contributed by atoms with van der Waals surface area (Å²) in [5.74, 6) is 1.97. The maximum atomic E-state index is 5.35. The third kappa shape index (κ3) is 4.80. The van der Waals surface area contributed by atoms with Crippen LogP contribution in [0, 0.1) is 0 Å². The molecule has 0 radical (unpaired) electrons. The van der Waals surface area contributed by atoms with Crippen LogP contribution in [-0.4, -0.2) is 28.7 Å². The molecular formula is C51H34N6. The molecule has 0 saturated carbocycles. The van der Waals surface area contributed by atoms with Gasteiger partial charge in [-0.15, -0.1) is 0 Å². The lowest BCUT2D eigenvalue weighted by atomic mass is 9.84. The summed E-state index contributed by atoms with van der Waals surface area (Å²) in [7, 11) is 0. The number of fused-ring (bicyclic) bond motifs is 9. The van der Waals surface area contributed by atoms with E-state index in [4.69, 9.17) is 15.0 Å². The van der Waals surface area contributed by atoms with Gasteiger partial charge in [0.1, 0.15) is 0 Å². The number of para-hydroxylation sites is 5. The number of hydrogen-bond donors (Lipinski definition) is 0. The largest absolute Gasteiger partial charge is 0.309 e. The second kappa shape index (κ2) is 12.5. The van der Waals surface area contributed by atoms with E-state index in [1.54, 1.807) is 0 Å². The van der Waals surface area contributed by atoms with E-state index in [1.165, 1.54) is 38.3 Å². The van der Waals surface area contributed by atoms with Crippen molar-refractivity contribution in [2.45, 2.75) is 12.3 Å². The summed E-state index contributed by atoms with van der Waals surface area (Å²) in [5, 5.41) is 6.11. The Bertz CT molecular complexity index is 3330. The summed E-state index contributed by atoms with van der Waals surface area (Å²) in [6, 6.07) is 62.2. The fourth-order valence-corrected chi connectivity index (χ4v) is 9.26. The van der Waals surface area contributed by atoms with Gasteiger partial charge >= 0.3 is 0 Å². The molecule has 12 rings (SSSR count). The Hall–Kier alpha value is -7.57. The lowest BCUT2D eigenvalue weighted by Gasteiger charge is -2.20. The highest BCUT2D eigenvalue weighted by Gasteiger charge is 2.28. The number of rotatable bonds is 5. The van der Waals surface area contributed by atoms with Crippen LogP contribution in [0.25, 0.3) is 89.6 Å². The van der Waals surface area contributed by atoms with E-state index in [2.05, 4.69) is 184 Å². The monoisotopic (exact) mass is 730 g/mol. The van der Waals surface area contributed by atoms with E-state index in [0.717, 1.165) is 50.7 Å². The second-order valence-electron chi connectivity index (χ2n) is 14.8. The predicted molar refractivity (Wildman–Crippen MR) is 233 cm³/mol. The third-order valence-corrected chi connectivity index (χ3v) is 11.7. The van der Waals surface area contributed by atoms with Crippen LogP contribution in [0.4, 0.5) is 0 Å². The van der Waals surface area contributed by atoms with Crippen molar-refractivity contribution in [1.29, 1.82) is 0 Å². The van der Waals surface area contributed by atoms with Crippen molar-refractivity contribution in [3.05, 3.63) is 199 Å². The summed E-state index contributed by atoms with van der Waals surface area (Å²) < 4.78 is 6.82. The van der Waals surface area contributed by atoms with Gasteiger partial charge in [0, 0.05) is 44.1 Å². The summed E-state index contributed by atoms with van der Waals surface area (Å²) in [6.45, 7) is 0. The molecule has 0 bridgehead atoms. The predicted octanol–water partition coefficient (Wildman–Crippen LogP) is 12.0. The Kier molecular flexibility index (Phi) is 6.95. The van der Waals surface area contributed by atoms with Gasteiger partial charge in [-0.05, 0) is 66.1 Å². The zero-order chi connectivity index (χ0) is 37.5. The van der Waals surface area contributed by atoms with Crippen molar-refractivity contribution < 1.29 is 0 Å². The minimum atomic E-state index is 0.168. The highest BCUT2D eigenvalue weighted by atomic mass is 15.3. The number of benzene rings is 7. The van der Waals surface area contributed by atoms with Gasteiger partial charge in [-0.1, -0.05) is 140 Å². The van der Waals surface area contributed by atoms with Gasteiger partial charge in [0.2, 0.25) is 11.9 Å². The quantitative estimate of drug-likeness (QED) is 0.177. The van der Waals surface area contributed by atoms with E-state index < -0.39 is 0 Å².